The highest BCUT2D eigenvalue weighted by Crippen LogP contribution is 2.75. The van der Waals surface area contributed by atoms with Crippen molar-refractivity contribution in [1.29, 1.82) is 0 Å². The molecule has 58 heavy (non-hydrogen) atoms. The van der Waals surface area contributed by atoms with Crippen molar-refractivity contribution in [3.63, 3.8) is 0 Å². The molecule has 7 rings (SSSR count). The summed E-state index contributed by atoms with van der Waals surface area (Å²) in [5.41, 5.74) is -1.81. The van der Waals surface area contributed by atoms with Crippen molar-refractivity contribution in [2.75, 3.05) is 0 Å². The Kier molecular flexibility index (Phi) is 10.7. The lowest BCUT2D eigenvalue weighted by Crippen LogP contribution is -2.68. The van der Waals surface area contributed by atoms with Crippen LogP contribution in [0.5, 0.6) is 0 Å². The average Bonchev–Trinajstić information content (AvgIpc) is 3.13. The molecule has 0 unspecified atom stereocenters. The summed E-state index contributed by atoms with van der Waals surface area (Å²) in [6.07, 6.45) is -12.2. The lowest BCUT2D eigenvalue weighted by atomic mass is 9.33. The number of carbonyl (C=O) groups excluding carboxylic acids is 1. The Hall–Kier alpha value is -2.54. The summed E-state index contributed by atoms with van der Waals surface area (Å²) < 4.78 is 23.4. The zero-order valence-electron chi connectivity index (χ0n) is 34.4. The van der Waals surface area contributed by atoms with Crippen LogP contribution < -0.4 is 0 Å². The Balaban J connectivity index is 1.17. The maximum Gasteiger partial charge on any atom is 0.335 e. The fourth-order valence-electron chi connectivity index (χ4n) is 13.4. The number of aliphatic hydroxyl groups excluding tert-OH is 5. The van der Waals surface area contributed by atoms with Crippen LogP contribution in [0, 0.1) is 50.2 Å². The number of carboxylic acid groups (broad SMARTS) is 3. The van der Waals surface area contributed by atoms with Gasteiger partial charge in [0.25, 0.3) is 0 Å². The van der Waals surface area contributed by atoms with Gasteiger partial charge in [-0.1, -0.05) is 47.1 Å². The molecule has 2 saturated heterocycles. The van der Waals surface area contributed by atoms with E-state index in [9.17, 15) is 60.0 Å². The Labute approximate surface area is 337 Å². The number of hydrogen-bond acceptors (Lipinski definition) is 13. The lowest BCUT2D eigenvalue weighted by molar-refractivity contribution is -0.371. The van der Waals surface area contributed by atoms with Crippen LogP contribution in [0.25, 0.3) is 0 Å². The molecule has 0 spiro atoms. The number of aliphatic hydroxyl groups is 5. The molecular formula is C42H62O16. The molecule has 0 radical (unpaired) electrons. The topological polar surface area (TPSA) is 267 Å². The zero-order valence-corrected chi connectivity index (χ0v) is 34.4. The van der Waals surface area contributed by atoms with E-state index in [1.54, 1.807) is 0 Å². The summed E-state index contributed by atoms with van der Waals surface area (Å²) in [5, 5.41) is 83.0. The van der Waals surface area contributed by atoms with Gasteiger partial charge < -0.3 is 59.8 Å². The zero-order chi connectivity index (χ0) is 42.9. The monoisotopic (exact) mass is 822 g/mol. The van der Waals surface area contributed by atoms with Crippen LogP contribution in [0.1, 0.15) is 106 Å². The fraction of sp³-hybridized carbons (Fsp3) is 0.857. The Morgan fingerprint density at radius 2 is 1.28 bits per heavy atom. The molecule has 16 nitrogen and oxygen atoms in total. The van der Waals surface area contributed by atoms with Gasteiger partial charge in [0.05, 0.1) is 11.5 Å². The number of allylic oxidation sites excluding steroid dienone is 2. The molecule has 326 valence electrons. The van der Waals surface area contributed by atoms with Crippen molar-refractivity contribution >= 4 is 23.7 Å². The van der Waals surface area contributed by atoms with E-state index >= 15 is 0 Å². The average molecular weight is 823 g/mol. The molecule has 2 heterocycles. The number of aliphatic carboxylic acids is 3. The van der Waals surface area contributed by atoms with Crippen molar-refractivity contribution < 1.29 is 79.0 Å². The van der Waals surface area contributed by atoms with Crippen LogP contribution >= 0.6 is 0 Å². The maximum absolute atomic E-state index is 14.8. The van der Waals surface area contributed by atoms with Crippen molar-refractivity contribution in [2.24, 2.45) is 50.2 Å². The number of rotatable bonds is 7. The van der Waals surface area contributed by atoms with E-state index < -0.39 is 107 Å². The molecule has 4 saturated carbocycles. The molecule has 7 aliphatic rings. The molecule has 0 aromatic heterocycles. The summed E-state index contributed by atoms with van der Waals surface area (Å²) >= 11 is 0. The van der Waals surface area contributed by atoms with E-state index in [1.165, 1.54) is 0 Å². The molecule has 0 amide bonds. The number of carboxylic acids is 3. The minimum Gasteiger partial charge on any atom is -0.481 e. The summed E-state index contributed by atoms with van der Waals surface area (Å²) in [4.78, 5) is 51.3. The van der Waals surface area contributed by atoms with Crippen LogP contribution in [-0.2, 0) is 38.1 Å². The van der Waals surface area contributed by atoms with Gasteiger partial charge in [0.2, 0.25) is 0 Å². The van der Waals surface area contributed by atoms with Crippen LogP contribution in [0.2, 0.25) is 0 Å². The standard InChI is InChI=1S/C42H62O16/c1-37(2)21-8-11-42(7)31(20(43)16-18-19-17-39(4,36(53)54)13-12-38(19,3)14-15-41(18,42)6)40(21,5)10-9-22(37)55-35-30(26(47)25(46)29(57-35)33(51)52)58-34-27(48)23(44)24(45)28(56-34)32(49)50/h16,19,21-31,34-35,44-48H,8-15,17H2,1-7H3,(H,49,50)(H,51,52)(H,53,54)/t19-,21-,22-,23-,24-,25-,26-,27+,28-,29-,30+,31+,34-,35+,38+,39+,40-,41+,42+/m0/s1. The van der Waals surface area contributed by atoms with Gasteiger partial charge in [0.1, 0.15) is 36.6 Å². The largest absolute Gasteiger partial charge is 0.481 e. The lowest BCUT2D eigenvalue weighted by Gasteiger charge is -2.70. The highest BCUT2D eigenvalue weighted by molar-refractivity contribution is 5.95. The minimum absolute atomic E-state index is 0.0217. The van der Waals surface area contributed by atoms with E-state index in [0.29, 0.717) is 25.7 Å². The van der Waals surface area contributed by atoms with E-state index in [1.807, 2.05) is 26.8 Å². The summed E-state index contributed by atoms with van der Waals surface area (Å²) in [6.45, 7) is 14.8. The predicted octanol–water partition coefficient (Wildman–Crippen LogP) is 2.25. The Morgan fingerprint density at radius 1 is 0.690 bits per heavy atom. The highest BCUT2D eigenvalue weighted by Gasteiger charge is 2.71. The normalized spacial score (nSPS) is 52.6. The van der Waals surface area contributed by atoms with Crippen LogP contribution in [0.3, 0.4) is 0 Å². The first-order chi connectivity index (χ1) is 26.8. The first-order valence-electron chi connectivity index (χ1n) is 20.7. The molecule has 8 N–H and O–H groups in total. The second-order valence-electron chi connectivity index (χ2n) is 20.6. The fourth-order valence-corrected chi connectivity index (χ4v) is 13.4. The van der Waals surface area contributed by atoms with Gasteiger partial charge in [-0.3, -0.25) is 9.59 Å². The molecule has 0 aromatic rings. The highest BCUT2D eigenvalue weighted by atomic mass is 16.8. The van der Waals surface area contributed by atoms with Gasteiger partial charge in [-0.2, -0.15) is 0 Å². The van der Waals surface area contributed by atoms with Crippen molar-refractivity contribution in [3.05, 3.63) is 11.6 Å². The molecule has 16 heteroatoms. The minimum atomic E-state index is -2.05. The van der Waals surface area contributed by atoms with Crippen molar-refractivity contribution in [1.82, 2.24) is 0 Å². The predicted molar refractivity (Wildman–Crippen MR) is 199 cm³/mol. The van der Waals surface area contributed by atoms with Gasteiger partial charge in [0.15, 0.2) is 30.6 Å². The quantitative estimate of drug-likeness (QED) is 0.171. The molecule has 19 atom stereocenters. The third kappa shape index (κ3) is 6.25. The number of carbonyl (C=O) groups is 4. The number of ether oxygens (including phenoxy) is 4. The van der Waals surface area contributed by atoms with Crippen LogP contribution in [0.15, 0.2) is 11.6 Å². The van der Waals surface area contributed by atoms with E-state index in [-0.39, 0.29) is 34.4 Å². The van der Waals surface area contributed by atoms with Gasteiger partial charge in [-0.15, -0.1) is 0 Å². The number of ketones is 1. The third-order valence-electron chi connectivity index (χ3n) is 17.2. The van der Waals surface area contributed by atoms with E-state index in [2.05, 4.69) is 27.7 Å². The Bertz CT molecular complexity index is 1730. The molecular weight excluding hydrogens is 760 g/mol. The van der Waals surface area contributed by atoms with Crippen molar-refractivity contribution in [2.45, 2.75) is 174 Å². The first-order valence-corrected chi connectivity index (χ1v) is 20.7. The van der Waals surface area contributed by atoms with Crippen LogP contribution in [-0.4, -0.2) is 132 Å². The first kappa shape index (κ1) is 43.5. The van der Waals surface area contributed by atoms with Crippen LogP contribution in [0.4, 0.5) is 0 Å². The van der Waals surface area contributed by atoms with Crippen molar-refractivity contribution in [3.8, 4) is 0 Å². The van der Waals surface area contributed by atoms with Gasteiger partial charge in [-0.05, 0) is 110 Å². The molecule has 0 aromatic carbocycles. The SMILES string of the molecule is CC1(C)[C@@H](O[C@@H]2O[C@H](C(=O)O)[C@@H](O)[C@H](O)[C@H]2O[C@@H]2O[C@H](C(=O)O)[C@@H](O)[C@H](O)[C@H]2O)CC[C@]2(C)[C@H]3C(=O)C=C4[C@@H]5C[C@](C)(C(=O)O)CC[C@]5(C)CC[C@@]4(C)[C@]3(C)CC[C@@H]12. The third-order valence-corrected chi connectivity index (χ3v) is 17.2. The summed E-state index contributed by atoms with van der Waals surface area (Å²) in [5.74, 6) is -4.47. The van der Waals surface area contributed by atoms with E-state index in [0.717, 1.165) is 37.7 Å². The smallest absolute Gasteiger partial charge is 0.335 e. The van der Waals surface area contributed by atoms with E-state index in [4.69, 9.17) is 18.9 Å². The van der Waals surface area contributed by atoms with Gasteiger partial charge in [0, 0.05) is 5.92 Å². The second kappa shape index (κ2) is 14.3. The Morgan fingerprint density at radius 3 is 1.88 bits per heavy atom. The molecule has 6 fully saturated rings. The number of fused-ring (bicyclic) bond motifs is 7. The number of hydrogen-bond donors (Lipinski definition) is 8. The molecule has 2 aliphatic heterocycles. The second-order valence-corrected chi connectivity index (χ2v) is 20.6. The molecule has 5 aliphatic carbocycles. The van der Waals surface area contributed by atoms with Gasteiger partial charge in [-0.25, -0.2) is 9.59 Å². The summed E-state index contributed by atoms with van der Waals surface area (Å²) in [7, 11) is 0. The van der Waals surface area contributed by atoms with Gasteiger partial charge >= 0.3 is 17.9 Å². The maximum atomic E-state index is 14.8. The molecule has 0 bridgehead atoms. The summed E-state index contributed by atoms with van der Waals surface area (Å²) in [6, 6.07) is 0.